The zero-order valence-corrected chi connectivity index (χ0v) is 12.2. The molecular weight excluding hydrogens is 327 g/mol. The molecule has 6 nitrogen and oxygen atoms in total. The molecule has 0 N–H and O–H groups in total. The predicted molar refractivity (Wildman–Crippen MR) is 71.3 cm³/mol. The molecule has 0 amide bonds. The summed E-state index contributed by atoms with van der Waals surface area (Å²) in [5.74, 6) is -0.936. The molecule has 1 aromatic carbocycles. The van der Waals surface area contributed by atoms with E-state index >= 15 is 0 Å². The van der Waals surface area contributed by atoms with Gasteiger partial charge < -0.3 is 13.5 Å². The summed E-state index contributed by atoms with van der Waals surface area (Å²) in [5.41, 5.74) is -0.621. The van der Waals surface area contributed by atoms with Gasteiger partial charge in [-0.3, -0.25) is 4.79 Å². The second-order valence-electron chi connectivity index (χ2n) is 4.45. The highest BCUT2D eigenvalue weighted by atomic mass is 32.2. The lowest BCUT2D eigenvalue weighted by Gasteiger charge is -2.12. The first kappa shape index (κ1) is 16.1. The van der Waals surface area contributed by atoms with Gasteiger partial charge in [-0.15, -0.1) is 13.2 Å². The molecule has 10 heteroatoms. The summed E-state index contributed by atoms with van der Waals surface area (Å²) in [6.07, 6.45) is -3.01. The van der Waals surface area contributed by atoms with Gasteiger partial charge in [0.05, 0.1) is 18.0 Å². The fraction of sp³-hybridized carbons (Fsp3) is 0.250. The van der Waals surface area contributed by atoms with E-state index in [4.69, 9.17) is 0 Å². The molecule has 0 aliphatic carbocycles. The summed E-state index contributed by atoms with van der Waals surface area (Å²) in [6.45, 7) is 0. The van der Waals surface area contributed by atoms with Crippen LogP contribution in [0.3, 0.4) is 0 Å². The minimum Gasteiger partial charge on any atom is -0.406 e. The number of nitrogens with zero attached hydrogens (tertiary/aromatic N) is 1. The first-order chi connectivity index (χ1) is 9.96. The molecule has 2 rings (SSSR count). The number of aromatic nitrogens is 1. The standard InChI is InChI=1S/C12H10F3NO5S/c1-16-6-10(21-22(2,18)19)11(17)8-4-3-7(5-9(8)16)20-12(13,14)15/h3-6H,1-2H3. The number of pyridine rings is 1. The van der Waals surface area contributed by atoms with Crippen molar-refractivity contribution in [2.45, 2.75) is 6.36 Å². The van der Waals surface area contributed by atoms with Gasteiger partial charge in [-0.1, -0.05) is 0 Å². The maximum Gasteiger partial charge on any atom is 0.573 e. The zero-order valence-electron chi connectivity index (χ0n) is 11.3. The van der Waals surface area contributed by atoms with Crippen LogP contribution in [0.5, 0.6) is 11.5 Å². The van der Waals surface area contributed by atoms with Gasteiger partial charge in [0, 0.05) is 18.5 Å². The van der Waals surface area contributed by atoms with Gasteiger partial charge in [0.2, 0.25) is 11.2 Å². The van der Waals surface area contributed by atoms with Crippen molar-refractivity contribution in [1.82, 2.24) is 4.57 Å². The Morgan fingerprint density at radius 3 is 2.41 bits per heavy atom. The third kappa shape index (κ3) is 3.70. The molecule has 0 saturated heterocycles. The van der Waals surface area contributed by atoms with Crippen molar-refractivity contribution in [3.8, 4) is 11.5 Å². The van der Waals surface area contributed by atoms with Gasteiger partial charge in [0.25, 0.3) is 0 Å². The van der Waals surface area contributed by atoms with Crippen LogP contribution < -0.4 is 14.3 Å². The van der Waals surface area contributed by atoms with Crippen molar-refractivity contribution in [3.63, 3.8) is 0 Å². The fourth-order valence-electron chi connectivity index (χ4n) is 1.85. The van der Waals surface area contributed by atoms with Crippen LogP contribution in [0.2, 0.25) is 0 Å². The van der Waals surface area contributed by atoms with Crippen molar-refractivity contribution < 1.29 is 30.5 Å². The first-order valence-corrected chi connectivity index (χ1v) is 7.56. The highest BCUT2D eigenvalue weighted by Gasteiger charge is 2.31. The number of benzene rings is 1. The van der Waals surface area contributed by atoms with Crippen molar-refractivity contribution >= 4 is 21.0 Å². The molecule has 0 unspecified atom stereocenters. The Bertz CT molecular complexity index is 886. The second-order valence-corrected chi connectivity index (χ2v) is 6.02. The van der Waals surface area contributed by atoms with Crippen LogP contribution in [0.4, 0.5) is 13.2 Å². The Labute approximate surface area is 122 Å². The van der Waals surface area contributed by atoms with E-state index in [-0.39, 0.29) is 10.9 Å². The number of rotatable bonds is 3. The minimum absolute atomic E-state index is 0.00169. The molecule has 0 atom stereocenters. The quantitative estimate of drug-likeness (QED) is 0.798. The van der Waals surface area contributed by atoms with Gasteiger partial charge in [-0.2, -0.15) is 8.42 Å². The summed E-state index contributed by atoms with van der Waals surface area (Å²) in [6, 6.07) is 3.09. The Morgan fingerprint density at radius 2 is 1.86 bits per heavy atom. The lowest BCUT2D eigenvalue weighted by molar-refractivity contribution is -0.274. The van der Waals surface area contributed by atoms with E-state index in [0.717, 1.165) is 30.7 Å². The average molecular weight is 337 g/mol. The van der Waals surface area contributed by atoms with Gasteiger partial charge in [0.15, 0.2) is 0 Å². The number of hydrogen-bond donors (Lipinski definition) is 0. The van der Waals surface area contributed by atoms with Gasteiger partial charge >= 0.3 is 16.5 Å². The van der Waals surface area contributed by atoms with E-state index in [1.54, 1.807) is 0 Å². The molecule has 1 aromatic heterocycles. The molecule has 0 bridgehead atoms. The highest BCUT2D eigenvalue weighted by Crippen LogP contribution is 2.26. The van der Waals surface area contributed by atoms with E-state index < -0.39 is 33.4 Å². The molecule has 22 heavy (non-hydrogen) atoms. The van der Waals surface area contributed by atoms with Gasteiger partial charge in [-0.25, -0.2) is 0 Å². The Kier molecular flexibility index (Phi) is 3.81. The van der Waals surface area contributed by atoms with Crippen LogP contribution in [0.25, 0.3) is 10.9 Å². The van der Waals surface area contributed by atoms with Crippen LogP contribution in [0.15, 0.2) is 29.2 Å². The van der Waals surface area contributed by atoms with Gasteiger partial charge in [-0.05, 0) is 12.1 Å². The molecular formula is C12H10F3NO5S. The van der Waals surface area contributed by atoms with Crippen LogP contribution in [0, 0.1) is 0 Å². The topological polar surface area (TPSA) is 74.6 Å². The van der Waals surface area contributed by atoms with Crippen LogP contribution in [0.1, 0.15) is 0 Å². The summed E-state index contributed by atoms with van der Waals surface area (Å²) >= 11 is 0. The number of hydrogen-bond acceptors (Lipinski definition) is 5. The third-order valence-corrected chi connectivity index (χ3v) is 3.09. The van der Waals surface area contributed by atoms with E-state index in [1.165, 1.54) is 11.6 Å². The molecule has 0 saturated carbocycles. The molecule has 0 aliphatic rings. The Morgan fingerprint density at radius 1 is 1.23 bits per heavy atom. The molecule has 0 radical (unpaired) electrons. The van der Waals surface area contributed by atoms with E-state index in [1.807, 2.05) is 0 Å². The smallest absolute Gasteiger partial charge is 0.406 e. The van der Waals surface area contributed by atoms with Crippen LogP contribution in [-0.2, 0) is 17.2 Å². The molecule has 120 valence electrons. The van der Waals surface area contributed by atoms with Crippen molar-refractivity contribution in [2.24, 2.45) is 7.05 Å². The normalized spacial score (nSPS) is 12.4. The Balaban J connectivity index is 2.60. The number of ether oxygens (including phenoxy) is 1. The molecule has 2 aromatic rings. The lowest BCUT2D eigenvalue weighted by atomic mass is 10.2. The van der Waals surface area contributed by atoms with Crippen molar-refractivity contribution in [2.75, 3.05) is 6.26 Å². The van der Waals surface area contributed by atoms with Crippen LogP contribution in [-0.4, -0.2) is 25.6 Å². The fourth-order valence-corrected chi connectivity index (χ4v) is 2.30. The number of fused-ring (bicyclic) bond motifs is 1. The third-order valence-electron chi connectivity index (χ3n) is 2.60. The van der Waals surface area contributed by atoms with Crippen molar-refractivity contribution in [1.29, 1.82) is 0 Å². The van der Waals surface area contributed by atoms with E-state index in [2.05, 4.69) is 8.92 Å². The second kappa shape index (κ2) is 5.20. The molecule has 1 heterocycles. The summed E-state index contributed by atoms with van der Waals surface area (Å²) in [5, 5.41) is -0.00169. The maximum atomic E-state index is 12.2. The molecule has 0 spiro atoms. The maximum absolute atomic E-state index is 12.2. The average Bonchev–Trinajstić information content (AvgIpc) is 2.32. The molecule has 0 fully saturated rings. The Hall–Kier alpha value is -2.23. The number of aryl methyl sites for hydroxylation is 1. The summed E-state index contributed by atoms with van der Waals surface area (Å²) in [4.78, 5) is 12.1. The van der Waals surface area contributed by atoms with E-state index in [0.29, 0.717) is 0 Å². The zero-order chi connectivity index (χ0) is 16.7. The lowest BCUT2D eigenvalue weighted by Crippen LogP contribution is -2.18. The highest BCUT2D eigenvalue weighted by molar-refractivity contribution is 7.86. The van der Waals surface area contributed by atoms with Gasteiger partial charge in [0.1, 0.15) is 5.75 Å². The predicted octanol–water partition coefficient (Wildman–Crippen LogP) is 1.78. The number of halogens is 3. The first-order valence-electron chi connectivity index (χ1n) is 5.75. The monoisotopic (exact) mass is 337 g/mol. The largest absolute Gasteiger partial charge is 0.573 e. The SMILES string of the molecule is Cn1cc(OS(C)(=O)=O)c(=O)c2ccc(OC(F)(F)F)cc21. The summed E-state index contributed by atoms with van der Waals surface area (Å²) < 4.78 is 68.4. The number of alkyl halides is 3. The van der Waals surface area contributed by atoms with E-state index in [9.17, 15) is 26.4 Å². The summed E-state index contributed by atoms with van der Waals surface area (Å²) in [7, 11) is -2.48. The molecule has 0 aliphatic heterocycles. The van der Waals surface area contributed by atoms with Crippen LogP contribution >= 0.6 is 0 Å². The van der Waals surface area contributed by atoms with Crippen molar-refractivity contribution in [3.05, 3.63) is 34.6 Å². The minimum atomic E-state index is -4.86.